The number of carbonyl (C=O) groups excluding carboxylic acids is 2. The van der Waals surface area contributed by atoms with Crippen LogP contribution in [0.5, 0.6) is 0 Å². The lowest BCUT2D eigenvalue weighted by atomic mass is 9.85. The molecule has 7 N–H and O–H groups in total. The van der Waals surface area contributed by atoms with Crippen molar-refractivity contribution in [2.45, 2.75) is 198 Å². The van der Waals surface area contributed by atoms with Crippen molar-refractivity contribution in [3.8, 4) is 0 Å². The predicted molar refractivity (Wildman–Crippen MR) is 250 cm³/mol. The zero-order chi connectivity index (χ0) is 47.3. The Bertz CT molecular complexity index is 1460. The van der Waals surface area contributed by atoms with Crippen LogP contribution in [0, 0.1) is 0 Å². The molecule has 0 radical (unpaired) electrons. The van der Waals surface area contributed by atoms with Gasteiger partial charge in [-0.15, -0.1) is 0 Å². The maximum atomic E-state index is 12.8. The Hall–Kier alpha value is -3.01. The number of rotatable bonds is 37. The molecule has 0 aromatic heterocycles. The van der Waals surface area contributed by atoms with Gasteiger partial charge >= 0.3 is 19.8 Å². The average Bonchev–Trinajstić information content (AvgIpc) is 3.27. The van der Waals surface area contributed by atoms with Crippen LogP contribution in [0.15, 0.2) is 85.1 Å². The van der Waals surface area contributed by atoms with Gasteiger partial charge in [-0.2, -0.15) is 0 Å². The fraction of sp³-hybridized carbons (Fsp3) is 0.673. The zero-order valence-electron chi connectivity index (χ0n) is 38.4. The molecule has 64 heavy (non-hydrogen) atoms. The third kappa shape index (κ3) is 30.2. The Morgan fingerprint density at radius 3 is 1.64 bits per heavy atom. The fourth-order valence-electron chi connectivity index (χ4n) is 6.43. The average molecular weight is 925 g/mol. The quantitative estimate of drug-likeness (QED) is 0.0102. The SMILES string of the molecule is CCCCC/C=C\C=C/[C@@H](O)C/C=C\C/C=C/CCCC(=O)OC[C@H](COP(=O)(O)OC1[C@H](O)[C@H](O)C(O)[C@H](O)[C@H]1O)OC(=O)CCC/C=C\C/C=C\C/C=C\CCCCCCCC. The Labute approximate surface area is 382 Å². The molecule has 9 atom stereocenters. The molecule has 0 aromatic rings. The zero-order valence-corrected chi connectivity index (χ0v) is 39.3. The first-order chi connectivity index (χ1) is 30.8. The summed E-state index contributed by atoms with van der Waals surface area (Å²) >= 11 is 0. The molecule has 0 amide bonds. The molecule has 0 aliphatic heterocycles. The highest BCUT2D eigenvalue weighted by Gasteiger charge is 2.51. The van der Waals surface area contributed by atoms with Crippen LogP contribution in [-0.4, -0.2) is 110 Å². The number of phosphoric acid groups is 1. The number of unbranched alkanes of at least 4 members (excludes halogenated alkanes) is 11. The highest BCUT2D eigenvalue weighted by Crippen LogP contribution is 2.47. The first-order valence-corrected chi connectivity index (χ1v) is 25.0. The molecule has 0 saturated heterocycles. The summed E-state index contributed by atoms with van der Waals surface area (Å²) in [5.41, 5.74) is 0. The number of phosphoric ester groups is 1. The van der Waals surface area contributed by atoms with E-state index in [-0.39, 0.29) is 12.8 Å². The van der Waals surface area contributed by atoms with Crippen LogP contribution in [0.25, 0.3) is 0 Å². The van der Waals surface area contributed by atoms with Gasteiger partial charge in [-0.1, -0.05) is 144 Å². The van der Waals surface area contributed by atoms with Crippen LogP contribution < -0.4 is 0 Å². The highest BCUT2D eigenvalue weighted by atomic mass is 31.2. The summed E-state index contributed by atoms with van der Waals surface area (Å²) < 4.78 is 33.4. The summed E-state index contributed by atoms with van der Waals surface area (Å²) in [5.74, 6) is -1.28. The van der Waals surface area contributed by atoms with E-state index in [1.807, 2.05) is 48.6 Å². The normalized spacial score (nSPS) is 22.8. The Kier molecular flexibility index (Phi) is 35.2. The van der Waals surface area contributed by atoms with E-state index >= 15 is 0 Å². The van der Waals surface area contributed by atoms with Gasteiger partial charge in [0.05, 0.1) is 12.7 Å². The maximum Gasteiger partial charge on any atom is 0.472 e. The second kappa shape index (κ2) is 38.1. The molecule has 0 spiro atoms. The van der Waals surface area contributed by atoms with Gasteiger partial charge in [-0.25, -0.2) is 4.57 Å². The smallest absolute Gasteiger partial charge is 0.462 e. The van der Waals surface area contributed by atoms with Crippen molar-refractivity contribution in [3.05, 3.63) is 85.1 Å². The predicted octanol–water partition coefficient (Wildman–Crippen LogP) is 8.25. The van der Waals surface area contributed by atoms with Crippen LogP contribution in [-0.2, 0) is 32.7 Å². The van der Waals surface area contributed by atoms with Crippen molar-refractivity contribution in [2.75, 3.05) is 13.2 Å². The topological polar surface area (TPSA) is 230 Å². The van der Waals surface area contributed by atoms with E-state index in [0.29, 0.717) is 38.5 Å². The summed E-state index contributed by atoms with van der Waals surface area (Å²) in [5, 5.41) is 60.2. The van der Waals surface area contributed by atoms with Gasteiger partial charge in [-0.05, 0) is 77.0 Å². The number of carbonyl (C=O) groups is 2. The van der Waals surface area contributed by atoms with Gasteiger partial charge in [0.15, 0.2) is 6.10 Å². The van der Waals surface area contributed by atoms with E-state index in [4.69, 9.17) is 18.5 Å². The van der Waals surface area contributed by atoms with E-state index < -0.39 is 81.8 Å². The van der Waals surface area contributed by atoms with Crippen LogP contribution in [0.2, 0.25) is 0 Å². The number of hydrogen-bond acceptors (Lipinski definition) is 13. The molecule has 14 nitrogen and oxygen atoms in total. The summed E-state index contributed by atoms with van der Waals surface area (Å²) in [4.78, 5) is 35.7. The highest BCUT2D eigenvalue weighted by molar-refractivity contribution is 7.47. The van der Waals surface area contributed by atoms with Gasteiger partial charge in [-0.3, -0.25) is 18.6 Å². The molecule has 1 aliphatic carbocycles. The lowest BCUT2D eigenvalue weighted by Gasteiger charge is -2.41. The summed E-state index contributed by atoms with van der Waals surface area (Å²) in [7, 11) is -5.16. The number of esters is 2. The van der Waals surface area contributed by atoms with Crippen LogP contribution in [0.4, 0.5) is 0 Å². The molecule has 1 aliphatic rings. The standard InChI is InChI=1S/C49H81O14P/c1-3-5-7-9-11-12-13-14-15-16-17-18-19-20-24-29-33-37-43(52)62-41(39-61-64(58,59)63-49-47(56)45(54)44(53)46(55)48(49)57)38-60-42(51)36-32-28-25-21-23-27-31-35-40(50)34-30-26-22-10-8-6-4-2/h14-15,17-18,20-22,24-27,30-31,34,40-41,44-50,53-57H,3-13,16,19,23,28-29,32-33,35-39H2,1-2H3,(H,58,59)/b15-14-,18-17-,24-20-,25-21+,26-22-,31-27-,34-30-/t40-,41-,44?,45-,46+,47-,48-,49?/m1/s1. The molecule has 1 saturated carbocycles. The number of allylic oxidation sites excluding steroid dienone is 12. The molecular formula is C49H81O14P. The molecular weight excluding hydrogens is 843 g/mol. The van der Waals surface area contributed by atoms with E-state index in [1.165, 1.54) is 57.8 Å². The largest absolute Gasteiger partial charge is 0.472 e. The monoisotopic (exact) mass is 925 g/mol. The van der Waals surface area contributed by atoms with E-state index in [9.17, 15) is 49.7 Å². The number of aliphatic hydroxyl groups is 6. The lowest BCUT2D eigenvalue weighted by molar-refractivity contribution is -0.220. The second-order valence-corrected chi connectivity index (χ2v) is 17.5. The molecule has 15 heteroatoms. The van der Waals surface area contributed by atoms with Crippen molar-refractivity contribution >= 4 is 19.8 Å². The van der Waals surface area contributed by atoms with Gasteiger partial charge in [0.1, 0.15) is 43.2 Å². The van der Waals surface area contributed by atoms with Gasteiger partial charge < -0.3 is 45.0 Å². The molecule has 3 unspecified atom stereocenters. The van der Waals surface area contributed by atoms with E-state index in [0.717, 1.165) is 25.7 Å². The van der Waals surface area contributed by atoms with E-state index in [1.54, 1.807) is 6.08 Å². The van der Waals surface area contributed by atoms with Crippen molar-refractivity contribution in [1.29, 1.82) is 0 Å². The van der Waals surface area contributed by atoms with Crippen LogP contribution >= 0.6 is 7.82 Å². The minimum absolute atomic E-state index is 0.00409. The van der Waals surface area contributed by atoms with Crippen molar-refractivity contribution in [3.63, 3.8) is 0 Å². The Balaban J connectivity index is 2.57. The van der Waals surface area contributed by atoms with Gasteiger partial charge in [0, 0.05) is 12.8 Å². The summed E-state index contributed by atoms with van der Waals surface area (Å²) in [6.45, 7) is 3.09. The minimum atomic E-state index is -5.16. The third-order valence-corrected chi connectivity index (χ3v) is 11.3. The van der Waals surface area contributed by atoms with Crippen LogP contribution in [0.1, 0.15) is 149 Å². The first-order valence-electron chi connectivity index (χ1n) is 23.5. The summed E-state index contributed by atoms with van der Waals surface area (Å²) in [6.07, 6.45) is 32.4. The van der Waals surface area contributed by atoms with Gasteiger partial charge in [0.25, 0.3) is 0 Å². The van der Waals surface area contributed by atoms with Crippen LogP contribution in [0.3, 0.4) is 0 Å². The van der Waals surface area contributed by atoms with E-state index in [2.05, 4.69) is 44.2 Å². The first kappa shape index (κ1) is 59.0. The summed E-state index contributed by atoms with van der Waals surface area (Å²) in [6, 6.07) is 0. The molecule has 1 rings (SSSR count). The Morgan fingerprint density at radius 1 is 0.562 bits per heavy atom. The van der Waals surface area contributed by atoms with Crippen molar-refractivity contribution < 1.29 is 68.2 Å². The molecule has 0 bridgehead atoms. The second-order valence-electron chi connectivity index (χ2n) is 16.1. The Morgan fingerprint density at radius 2 is 1.03 bits per heavy atom. The molecule has 1 fully saturated rings. The van der Waals surface area contributed by atoms with Gasteiger partial charge in [0.2, 0.25) is 0 Å². The molecule has 366 valence electrons. The molecule has 0 aromatic carbocycles. The van der Waals surface area contributed by atoms with Crippen molar-refractivity contribution in [1.82, 2.24) is 0 Å². The van der Waals surface area contributed by atoms with Crippen molar-refractivity contribution in [2.24, 2.45) is 0 Å². The number of ether oxygens (including phenoxy) is 2. The third-order valence-electron chi connectivity index (χ3n) is 10.3. The lowest BCUT2D eigenvalue weighted by Crippen LogP contribution is -2.64. The minimum Gasteiger partial charge on any atom is -0.462 e. The maximum absolute atomic E-state index is 12.8. The number of hydrogen-bond donors (Lipinski definition) is 7. The molecule has 0 heterocycles. The fourth-order valence-corrected chi connectivity index (χ4v) is 7.41. The number of aliphatic hydroxyl groups excluding tert-OH is 6.